The van der Waals surface area contributed by atoms with Gasteiger partial charge in [0.1, 0.15) is 13.2 Å². The van der Waals surface area contributed by atoms with E-state index in [0.29, 0.717) is 23.6 Å². The summed E-state index contributed by atoms with van der Waals surface area (Å²) in [7, 11) is 1.57. The number of aromatic amines is 1. The smallest absolute Gasteiger partial charge is 0.179 e. The molecule has 0 atom stereocenters. The van der Waals surface area contributed by atoms with E-state index in [0.717, 1.165) is 22.8 Å². The largest absolute Gasteiger partial charge is 0.491 e. The fraction of sp³-hybridized carbons (Fsp3) is 0.231. The molecule has 1 aliphatic heterocycles. The zero-order chi connectivity index (χ0) is 13.2. The third-order valence-corrected chi connectivity index (χ3v) is 3.14. The molecule has 3 rings (SSSR count). The average Bonchev–Trinajstić information content (AvgIpc) is 2.46. The predicted molar refractivity (Wildman–Crippen MR) is 72.4 cm³/mol. The van der Waals surface area contributed by atoms with Gasteiger partial charge >= 0.3 is 0 Å². The second kappa shape index (κ2) is 4.89. The number of hydrogen-bond donors (Lipinski definition) is 1. The van der Waals surface area contributed by atoms with Crippen LogP contribution in [0.3, 0.4) is 0 Å². The maximum Gasteiger partial charge on any atom is 0.179 e. The first-order valence-electron chi connectivity index (χ1n) is 5.81. The second-order valence-electron chi connectivity index (χ2n) is 3.97. The topological polar surface area (TPSA) is 56.4 Å². The zero-order valence-electron chi connectivity index (χ0n) is 10.3. The molecule has 6 heteroatoms. The van der Waals surface area contributed by atoms with Gasteiger partial charge in [-0.1, -0.05) is 12.2 Å². The van der Waals surface area contributed by atoms with E-state index in [-0.39, 0.29) is 0 Å². The lowest BCUT2D eigenvalue weighted by Gasteiger charge is -2.19. The molecular weight excluding hydrogens is 264 g/mol. The molecule has 2 aromatic rings. The quantitative estimate of drug-likeness (QED) is 0.854. The minimum Gasteiger partial charge on any atom is -0.491 e. The van der Waals surface area contributed by atoms with Crippen LogP contribution in [0.25, 0.3) is 11.3 Å². The number of nitrogens with one attached hydrogen (secondary N) is 1. The number of aromatic nitrogens is 2. The molecule has 0 aliphatic carbocycles. The van der Waals surface area contributed by atoms with Crippen LogP contribution in [0.4, 0.5) is 0 Å². The van der Waals surface area contributed by atoms with Crippen molar-refractivity contribution < 1.29 is 14.2 Å². The van der Waals surface area contributed by atoms with Crippen molar-refractivity contribution in [3.8, 4) is 28.5 Å². The standard InChI is InChI=1S/C13H12N2O3S/c1-16-12-11(14-7-15-13(12)19)8-2-3-9-10(6-8)18-5-4-17-9/h2-3,6-7H,4-5H2,1H3,(H,14,15,19). The Morgan fingerprint density at radius 3 is 2.84 bits per heavy atom. The van der Waals surface area contributed by atoms with Crippen LogP contribution in [-0.4, -0.2) is 30.3 Å². The van der Waals surface area contributed by atoms with E-state index >= 15 is 0 Å². The highest BCUT2D eigenvalue weighted by Gasteiger charge is 2.15. The van der Waals surface area contributed by atoms with E-state index in [9.17, 15) is 0 Å². The molecule has 1 aliphatic rings. The Labute approximate surface area is 115 Å². The van der Waals surface area contributed by atoms with Crippen molar-refractivity contribution in [3.05, 3.63) is 29.2 Å². The monoisotopic (exact) mass is 276 g/mol. The van der Waals surface area contributed by atoms with Gasteiger partial charge < -0.3 is 19.2 Å². The molecule has 0 spiro atoms. The third-order valence-electron chi connectivity index (χ3n) is 2.85. The molecule has 0 bridgehead atoms. The normalized spacial score (nSPS) is 13.1. The first kappa shape index (κ1) is 12.0. The summed E-state index contributed by atoms with van der Waals surface area (Å²) in [6.45, 7) is 1.13. The summed E-state index contributed by atoms with van der Waals surface area (Å²) in [4.78, 5) is 7.05. The fourth-order valence-corrected chi connectivity index (χ4v) is 2.23. The molecule has 0 fully saturated rings. The molecule has 0 saturated heterocycles. The van der Waals surface area contributed by atoms with Crippen LogP contribution in [0.1, 0.15) is 0 Å². The molecule has 19 heavy (non-hydrogen) atoms. The van der Waals surface area contributed by atoms with Gasteiger partial charge in [0.05, 0.1) is 19.1 Å². The van der Waals surface area contributed by atoms with Crippen molar-refractivity contribution >= 4 is 12.2 Å². The minimum atomic E-state index is 0.422. The molecule has 1 N–H and O–H groups in total. The van der Waals surface area contributed by atoms with E-state index in [1.165, 1.54) is 0 Å². The molecule has 0 radical (unpaired) electrons. The summed E-state index contributed by atoms with van der Waals surface area (Å²) in [5.74, 6) is 2.03. The maximum absolute atomic E-state index is 5.57. The van der Waals surface area contributed by atoms with Crippen LogP contribution in [0, 0.1) is 4.64 Å². The Bertz CT molecular complexity index is 669. The van der Waals surface area contributed by atoms with Gasteiger partial charge in [0.2, 0.25) is 0 Å². The van der Waals surface area contributed by atoms with E-state index in [2.05, 4.69) is 9.97 Å². The van der Waals surface area contributed by atoms with Gasteiger partial charge in [0.25, 0.3) is 0 Å². The molecular formula is C13H12N2O3S. The molecule has 98 valence electrons. The molecule has 0 unspecified atom stereocenters. The predicted octanol–water partition coefficient (Wildman–Crippen LogP) is 2.59. The summed E-state index contributed by atoms with van der Waals surface area (Å²) in [5.41, 5.74) is 1.69. The van der Waals surface area contributed by atoms with Crippen molar-refractivity contribution in [2.75, 3.05) is 20.3 Å². The molecule has 0 amide bonds. The van der Waals surface area contributed by atoms with Crippen LogP contribution in [0.2, 0.25) is 0 Å². The SMILES string of the molecule is COc1c(-c2ccc3c(c2)OCCO3)[nH]cnc1=S. The fourth-order valence-electron chi connectivity index (χ4n) is 1.99. The second-order valence-corrected chi connectivity index (χ2v) is 4.36. The minimum absolute atomic E-state index is 0.422. The van der Waals surface area contributed by atoms with Gasteiger partial charge in [-0.25, -0.2) is 4.98 Å². The van der Waals surface area contributed by atoms with Crippen molar-refractivity contribution in [1.82, 2.24) is 9.97 Å². The Morgan fingerprint density at radius 2 is 2.05 bits per heavy atom. The number of fused-ring (bicyclic) bond motifs is 1. The van der Waals surface area contributed by atoms with Gasteiger partial charge in [0, 0.05) is 5.56 Å². The molecule has 1 aromatic heterocycles. The number of rotatable bonds is 2. The summed E-state index contributed by atoms with van der Waals surface area (Å²) in [6.07, 6.45) is 1.55. The molecule has 2 heterocycles. The van der Waals surface area contributed by atoms with Gasteiger partial charge in [-0.3, -0.25) is 0 Å². The number of hydrogen-bond acceptors (Lipinski definition) is 5. The summed E-state index contributed by atoms with van der Waals surface area (Å²) in [5, 5.41) is 0. The molecule has 5 nitrogen and oxygen atoms in total. The summed E-state index contributed by atoms with van der Waals surface area (Å²) < 4.78 is 16.8. The Kier molecular flexibility index (Phi) is 3.08. The van der Waals surface area contributed by atoms with Crippen LogP contribution in [0.5, 0.6) is 17.2 Å². The molecule has 1 aromatic carbocycles. The van der Waals surface area contributed by atoms with E-state index in [1.807, 2.05) is 18.2 Å². The number of ether oxygens (including phenoxy) is 3. The summed E-state index contributed by atoms with van der Waals surface area (Å²) in [6, 6.07) is 5.70. The van der Waals surface area contributed by atoms with E-state index in [4.69, 9.17) is 26.4 Å². The average molecular weight is 276 g/mol. The van der Waals surface area contributed by atoms with Crippen molar-refractivity contribution in [2.24, 2.45) is 0 Å². The van der Waals surface area contributed by atoms with Gasteiger partial charge in [0.15, 0.2) is 21.9 Å². The van der Waals surface area contributed by atoms with Crippen LogP contribution in [-0.2, 0) is 0 Å². The van der Waals surface area contributed by atoms with Crippen molar-refractivity contribution in [1.29, 1.82) is 0 Å². The van der Waals surface area contributed by atoms with Crippen LogP contribution in [0.15, 0.2) is 24.5 Å². The Hall–Kier alpha value is -2.08. The van der Waals surface area contributed by atoms with E-state index in [1.54, 1.807) is 13.4 Å². The summed E-state index contributed by atoms with van der Waals surface area (Å²) >= 11 is 5.15. The van der Waals surface area contributed by atoms with Gasteiger partial charge in [-0.05, 0) is 18.2 Å². The first-order valence-corrected chi connectivity index (χ1v) is 6.22. The van der Waals surface area contributed by atoms with Crippen molar-refractivity contribution in [3.63, 3.8) is 0 Å². The number of benzene rings is 1. The number of nitrogens with zero attached hydrogens (tertiary/aromatic N) is 1. The highest BCUT2D eigenvalue weighted by atomic mass is 32.1. The lowest BCUT2D eigenvalue weighted by Crippen LogP contribution is -2.15. The first-order chi connectivity index (χ1) is 9.29. The zero-order valence-corrected chi connectivity index (χ0v) is 11.1. The maximum atomic E-state index is 5.57. The van der Waals surface area contributed by atoms with Gasteiger partial charge in [-0.2, -0.15) is 0 Å². The van der Waals surface area contributed by atoms with Crippen LogP contribution >= 0.6 is 12.2 Å². The lowest BCUT2D eigenvalue weighted by atomic mass is 10.1. The lowest BCUT2D eigenvalue weighted by molar-refractivity contribution is 0.171. The highest BCUT2D eigenvalue weighted by molar-refractivity contribution is 7.71. The Balaban J connectivity index is 2.12. The third kappa shape index (κ3) is 2.15. The van der Waals surface area contributed by atoms with Crippen LogP contribution < -0.4 is 14.2 Å². The van der Waals surface area contributed by atoms with Gasteiger partial charge in [-0.15, -0.1) is 0 Å². The van der Waals surface area contributed by atoms with E-state index < -0.39 is 0 Å². The Morgan fingerprint density at radius 1 is 1.26 bits per heavy atom. The van der Waals surface area contributed by atoms with Crippen molar-refractivity contribution in [2.45, 2.75) is 0 Å². The number of methoxy groups -OCH3 is 1. The number of H-pyrrole nitrogens is 1. The highest BCUT2D eigenvalue weighted by Crippen LogP contribution is 2.36. The molecule has 0 saturated carbocycles.